The largest absolute Gasteiger partial charge is 0.373 e. The predicted molar refractivity (Wildman–Crippen MR) is 45.5 cm³/mol. The highest BCUT2D eigenvalue weighted by molar-refractivity contribution is 4.83. The number of hydrogen-bond donors (Lipinski definition) is 0. The topological polar surface area (TPSA) is 12.5 Å². The summed E-state index contributed by atoms with van der Waals surface area (Å²) in [4.78, 5) is 0. The van der Waals surface area contributed by atoms with E-state index in [1.165, 1.54) is 32.1 Å². The van der Waals surface area contributed by atoms with Gasteiger partial charge in [0.15, 0.2) is 0 Å². The van der Waals surface area contributed by atoms with Crippen LogP contribution in [0, 0.1) is 11.8 Å². The lowest BCUT2D eigenvalue weighted by molar-refractivity contribution is 0.221. The van der Waals surface area contributed by atoms with Crippen LogP contribution >= 0.6 is 0 Å². The molecule has 1 aliphatic carbocycles. The van der Waals surface area contributed by atoms with Gasteiger partial charge in [-0.1, -0.05) is 26.2 Å². The van der Waals surface area contributed by atoms with E-state index in [0.29, 0.717) is 6.10 Å². The normalized spacial score (nSPS) is 43.9. The SMILES string of the molecule is CCC1CCC(C2CO2)CC1. The molecule has 0 radical (unpaired) electrons. The summed E-state index contributed by atoms with van der Waals surface area (Å²) in [6.45, 7) is 3.38. The van der Waals surface area contributed by atoms with Crippen LogP contribution in [0.2, 0.25) is 0 Å². The van der Waals surface area contributed by atoms with Gasteiger partial charge >= 0.3 is 0 Å². The van der Waals surface area contributed by atoms with Gasteiger partial charge in [-0.3, -0.25) is 0 Å². The molecule has 0 aromatic rings. The fourth-order valence-corrected chi connectivity index (χ4v) is 2.30. The molecule has 11 heavy (non-hydrogen) atoms. The standard InChI is InChI=1S/C10H18O/c1-2-8-3-5-9(6-4-8)10-7-11-10/h8-10H,2-7H2,1H3. The van der Waals surface area contributed by atoms with Gasteiger partial charge in [0.1, 0.15) is 0 Å². The molecule has 1 saturated carbocycles. The van der Waals surface area contributed by atoms with Crippen molar-refractivity contribution in [1.82, 2.24) is 0 Å². The highest BCUT2D eigenvalue weighted by Gasteiger charge is 2.34. The Balaban J connectivity index is 1.75. The third kappa shape index (κ3) is 1.76. The maximum atomic E-state index is 5.32. The van der Waals surface area contributed by atoms with Crippen molar-refractivity contribution in [3.8, 4) is 0 Å². The van der Waals surface area contributed by atoms with Gasteiger partial charge in [0.25, 0.3) is 0 Å². The first kappa shape index (κ1) is 7.60. The van der Waals surface area contributed by atoms with Crippen molar-refractivity contribution in [2.75, 3.05) is 6.61 Å². The quantitative estimate of drug-likeness (QED) is 0.557. The molecule has 1 unspecified atom stereocenters. The van der Waals surface area contributed by atoms with Gasteiger partial charge in [0.05, 0.1) is 12.7 Å². The summed E-state index contributed by atoms with van der Waals surface area (Å²) in [7, 11) is 0. The third-order valence-corrected chi connectivity index (χ3v) is 3.35. The zero-order valence-electron chi connectivity index (χ0n) is 7.38. The fourth-order valence-electron chi connectivity index (χ4n) is 2.30. The van der Waals surface area contributed by atoms with Gasteiger partial charge in [-0.05, 0) is 24.7 Å². The van der Waals surface area contributed by atoms with Crippen molar-refractivity contribution < 1.29 is 4.74 Å². The molecule has 0 aromatic heterocycles. The Bertz CT molecular complexity index is 121. The molecule has 0 amide bonds. The average molecular weight is 154 g/mol. The fraction of sp³-hybridized carbons (Fsp3) is 1.00. The number of hydrogen-bond acceptors (Lipinski definition) is 1. The molecule has 0 bridgehead atoms. The summed E-state index contributed by atoms with van der Waals surface area (Å²) in [5.41, 5.74) is 0. The minimum atomic E-state index is 0.674. The first-order chi connectivity index (χ1) is 5.40. The van der Waals surface area contributed by atoms with Crippen LogP contribution in [0.25, 0.3) is 0 Å². The first-order valence-corrected chi connectivity index (χ1v) is 5.01. The number of epoxide rings is 1. The maximum Gasteiger partial charge on any atom is 0.0838 e. The van der Waals surface area contributed by atoms with Crippen LogP contribution in [0.15, 0.2) is 0 Å². The van der Waals surface area contributed by atoms with E-state index in [9.17, 15) is 0 Å². The van der Waals surface area contributed by atoms with E-state index in [1.807, 2.05) is 0 Å². The Morgan fingerprint density at radius 2 is 1.82 bits per heavy atom. The Labute approximate surface area is 69.1 Å². The second-order valence-electron chi connectivity index (χ2n) is 4.06. The molecule has 1 aliphatic heterocycles. The average Bonchev–Trinajstić information content (AvgIpc) is 2.87. The van der Waals surface area contributed by atoms with Crippen molar-refractivity contribution in [2.45, 2.75) is 45.1 Å². The van der Waals surface area contributed by atoms with Crippen molar-refractivity contribution in [3.05, 3.63) is 0 Å². The van der Waals surface area contributed by atoms with Crippen molar-refractivity contribution in [2.24, 2.45) is 11.8 Å². The highest BCUT2D eigenvalue weighted by atomic mass is 16.6. The Hall–Kier alpha value is -0.0400. The zero-order chi connectivity index (χ0) is 7.68. The lowest BCUT2D eigenvalue weighted by Gasteiger charge is -2.26. The van der Waals surface area contributed by atoms with Crippen LogP contribution in [-0.4, -0.2) is 12.7 Å². The summed E-state index contributed by atoms with van der Waals surface area (Å²) in [5.74, 6) is 1.96. The third-order valence-electron chi connectivity index (χ3n) is 3.35. The molecule has 1 heterocycles. The van der Waals surface area contributed by atoms with Gasteiger partial charge in [-0.25, -0.2) is 0 Å². The Kier molecular flexibility index (Phi) is 2.17. The van der Waals surface area contributed by atoms with Gasteiger partial charge in [-0.2, -0.15) is 0 Å². The maximum absolute atomic E-state index is 5.32. The van der Waals surface area contributed by atoms with E-state index < -0.39 is 0 Å². The summed E-state index contributed by atoms with van der Waals surface area (Å²) >= 11 is 0. The van der Waals surface area contributed by atoms with Crippen molar-refractivity contribution >= 4 is 0 Å². The molecule has 0 spiro atoms. The van der Waals surface area contributed by atoms with E-state index in [-0.39, 0.29) is 0 Å². The van der Waals surface area contributed by atoms with E-state index in [2.05, 4.69) is 6.92 Å². The van der Waals surface area contributed by atoms with Crippen LogP contribution in [0.1, 0.15) is 39.0 Å². The Morgan fingerprint density at radius 1 is 1.18 bits per heavy atom. The van der Waals surface area contributed by atoms with Gasteiger partial charge in [0.2, 0.25) is 0 Å². The van der Waals surface area contributed by atoms with E-state index in [1.54, 1.807) is 0 Å². The van der Waals surface area contributed by atoms with Gasteiger partial charge in [-0.15, -0.1) is 0 Å². The molecule has 1 nitrogen and oxygen atoms in total. The van der Waals surface area contributed by atoms with Crippen LogP contribution in [-0.2, 0) is 4.74 Å². The van der Waals surface area contributed by atoms with Crippen LogP contribution in [0.5, 0.6) is 0 Å². The van der Waals surface area contributed by atoms with Crippen LogP contribution < -0.4 is 0 Å². The summed E-state index contributed by atoms with van der Waals surface area (Å²) in [5, 5.41) is 0. The molecule has 1 heteroatoms. The second kappa shape index (κ2) is 3.14. The number of ether oxygens (including phenoxy) is 1. The zero-order valence-corrected chi connectivity index (χ0v) is 7.38. The monoisotopic (exact) mass is 154 g/mol. The molecule has 0 aromatic carbocycles. The van der Waals surface area contributed by atoms with E-state index in [0.717, 1.165) is 18.4 Å². The summed E-state index contributed by atoms with van der Waals surface area (Å²) < 4.78 is 5.32. The predicted octanol–water partition coefficient (Wildman–Crippen LogP) is 2.60. The molecule has 1 saturated heterocycles. The minimum Gasteiger partial charge on any atom is -0.373 e. The van der Waals surface area contributed by atoms with E-state index in [4.69, 9.17) is 4.74 Å². The lowest BCUT2D eigenvalue weighted by atomic mass is 9.79. The molecule has 64 valence electrons. The van der Waals surface area contributed by atoms with Crippen molar-refractivity contribution in [3.63, 3.8) is 0 Å². The molecular weight excluding hydrogens is 136 g/mol. The summed E-state index contributed by atoms with van der Waals surface area (Å²) in [6.07, 6.45) is 7.85. The van der Waals surface area contributed by atoms with Crippen LogP contribution in [0.4, 0.5) is 0 Å². The molecule has 1 atom stereocenters. The van der Waals surface area contributed by atoms with Gasteiger partial charge < -0.3 is 4.74 Å². The minimum absolute atomic E-state index is 0.674. The molecule has 2 aliphatic rings. The molecule has 2 fully saturated rings. The van der Waals surface area contributed by atoms with Crippen LogP contribution in [0.3, 0.4) is 0 Å². The van der Waals surface area contributed by atoms with Crippen molar-refractivity contribution in [1.29, 1.82) is 0 Å². The molecular formula is C10H18O. The second-order valence-corrected chi connectivity index (χ2v) is 4.06. The van der Waals surface area contributed by atoms with E-state index >= 15 is 0 Å². The first-order valence-electron chi connectivity index (χ1n) is 5.01. The molecule has 0 N–H and O–H groups in total. The highest BCUT2D eigenvalue weighted by Crippen LogP contribution is 2.36. The smallest absolute Gasteiger partial charge is 0.0838 e. The Morgan fingerprint density at radius 3 is 2.27 bits per heavy atom. The lowest BCUT2D eigenvalue weighted by Crippen LogP contribution is -2.17. The summed E-state index contributed by atoms with van der Waals surface area (Å²) in [6, 6.07) is 0. The molecule has 2 rings (SSSR count). The van der Waals surface area contributed by atoms with Gasteiger partial charge in [0, 0.05) is 0 Å². The number of rotatable bonds is 2.